The average Bonchev–Trinajstić information content (AvgIpc) is 2.60. The minimum Gasteiger partial charge on any atom is -0.493 e. The summed E-state index contributed by atoms with van der Waals surface area (Å²) in [6.45, 7) is 8.88. The molecule has 0 spiro atoms. The summed E-state index contributed by atoms with van der Waals surface area (Å²) < 4.78 is 11.2. The van der Waals surface area contributed by atoms with Gasteiger partial charge in [-0.3, -0.25) is 4.79 Å². The van der Waals surface area contributed by atoms with Crippen molar-refractivity contribution in [2.24, 2.45) is 4.99 Å². The molecule has 7 heteroatoms. The topological polar surface area (TPSA) is 75.2 Å². The molecule has 1 unspecified atom stereocenters. The van der Waals surface area contributed by atoms with Gasteiger partial charge in [0.1, 0.15) is 12.6 Å². The van der Waals surface area contributed by atoms with Crippen molar-refractivity contribution in [3.63, 3.8) is 0 Å². The third-order valence-corrected chi connectivity index (χ3v) is 3.38. The third-order valence-electron chi connectivity index (χ3n) is 3.38. The number of aliphatic imine (C=N–C) groups is 1. The van der Waals surface area contributed by atoms with Crippen molar-refractivity contribution in [1.29, 1.82) is 0 Å². The molecule has 0 saturated carbocycles. The summed E-state index contributed by atoms with van der Waals surface area (Å²) >= 11 is 0. The second-order valence-electron chi connectivity index (χ2n) is 6.22. The predicted molar refractivity (Wildman–Crippen MR) is 105 cm³/mol. The first kappa shape index (κ1) is 21.3. The molecular weight excluding hydrogens is 332 g/mol. The number of nitrogens with one attached hydrogen (secondary N) is 2. The first-order valence-electron chi connectivity index (χ1n) is 8.49. The fourth-order valence-electron chi connectivity index (χ4n) is 1.91. The molecule has 0 bridgehead atoms. The van der Waals surface area contributed by atoms with E-state index in [2.05, 4.69) is 22.2 Å². The molecule has 0 radical (unpaired) electrons. The summed E-state index contributed by atoms with van der Waals surface area (Å²) in [6, 6.07) is 7.50. The van der Waals surface area contributed by atoms with Crippen LogP contribution < -0.4 is 20.1 Å². The Kier molecular flexibility index (Phi) is 9.05. The summed E-state index contributed by atoms with van der Waals surface area (Å²) in [7, 11) is 5.02. The van der Waals surface area contributed by atoms with Crippen LogP contribution >= 0.6 is 0 Å². The molecule has 0 saturated heterocycles. The number of para-hydroxylation sites is 2. The maximum Gasteiger partial charge on any atom is 0.243 e. The Bertz CT molecular complexity index is 629. The molecule has 1 rings (SSSR count). The van der Waals surface area contributed by atoms with E-state index in [0.717, 1.165) is 5.57 Å². The number of ether oxygens (including phenoxy) is 2. The highest BCUT2D eigenvalue weighted by Gasteiger charge is 2.10. The Balaban J connectivity index is 2.64. The third kappa shape index (κ3) is 7.92. The van der Waals surface area contributed by atoms with Crippen molar-refractivity contribution in [2.75, 3.05) is 40.8 Å². The quantitative estimate of drug-likeness (QED) is 0.397. The largest absolute Gasteiger partial charge is 0.493 e. The molecule has 0 fully saturated rings. The number of hydrogen-bond acceptors (Lipinski definition) is 4. The summed E-state index contributed by atoms with van der Waals surface area (Å²) in [5.74, 6) is 1.84. The van der Waals surface area contributed by atoms with Crippen molar-refractivity contribution in [1.82, 2.24) is 15.5 Å². The number of guanidine groups is 1. The van der Waals surface area contributed by atoms with Gasteiger partial charge in [0.2, 0.25) is 5.91 Å². The van der Waals surface area contributed by atoms with Gasteiger partial charge in [-0.15, -0.1) is 0 Å². The van der Waals surface area contributed by atoms with Gasteiger partial charge >= 0.3 is 0 Å². The lowest BCUT2D eigenvalue weighted by atomic mass is 10.3. The fourth-order valence-corrected chi connectivity index (χ4v) is 1.91. The summed E-state index contributed by atoms with van der Waals surface area (Å²) in [6.07, 6.45) is -0.132. The van der Waals surface area contributed by atoms with Gasteiger partial charge in [0.15, 0.2) is 17.5 Å². The Morgan fingerprint density at radius 3 is 2.50 bits per heavy atom. The minimum absolute atomic E-state index is 0.0697. The van der Waals surface area contributed by atoms with Crippen molar-refractivity contribution >= 4 is 11.9 Å². The molecule has 1 atom stereocenters. The van der Waals surface area contributed by atoms with Crippen LogP contribution in [0.15, 0.2) is 41.4 Å². The first-order valence-corrected chi connectivity index (χ1v) is 8.49. The normalized spacial score (nSPS) is 12.1. The highest BCUT2D eigenvalue weighted by Crippen LogP contribution is 2.26. The summed E-state index contributed by atoms with van der Waals surface area (Å²) in [4.78, 5) is 17.6. The van der Waals surface area contributed by atoms with Crippen molar-refractivity contribution in [2.45, 2.75) is 20.0 Å². The van der Waals surface area contributed by atoms with E-state index in [1.807, 2.05) is 38.1 Å². The number of likely N-dealkylation sites (N-methyl/N-ethyl adjacent to an activating group) is 1. The van der Waals surface area contributed by atoms with Crippen LogP contribution in [0.25, 0.3) is 0 Å². The zero-order valence-electron chi connectivity index (χ0n) is 16.3. The molecule has 0 aliphatic carbocycles. The molecule has 0 heterocycles. The summed E-state index contributed by atoms with van der Waals surface area (Å²) in [5.41, 5.74) is 0.969. The van der Waals surface area contributed by atoms with Crippen LogP contribution in [0, 0.1) is 0 Å². The van der Waals surface area contributed by atoms with Crippen LogP contribution in [0.2, 0.25) is 0 Å². The second kappa shape index (κ2) is 11.0. The van der Waals surface area contributed by atoms with E-state index in [0.29, 0.717) is 30.5 Å². The standard InChI is InChI=1S/C19H30N4O3/c1-14(2)11-20-19(22-13-18(24)23(4)5)21-12-15(3)26-17-10-8-7-9-16(17)25-6/h7-10,15H,1,11-13H2,2-6H3,(H2,20,21,22). The van der Waals surface area contributed by atoms with Crippen LogP contribution in [-0.2, 0) is 4.79 Å². The zero-order valence-corrected chi connectivity index (χ0v) is 16.3. The van der Waals surface area contributed by atoms with Gasteiger partial charge in [-0.1, -0.05) is 24.3 Å². The van der Waals surface area contributed by atoms with Crippen molar-refractivity contribution in [3.8, 4) is 11.5 Å². The second-order valence-corrected chi connectivity index (χ2v) is 6.22. The predicted octanol–water partition coefficient (Wildman–Crippen LogP) is 1.66. The average molecular weight is 362 g/mol. The molecule has 144 valence electrons. The Morgan fingerprint density at radius 1 is 1.27 bits per heavy atom. The van der Waals surface area contributed by atoms with E-state index < -0.39 is 0 Å². The first-order chi connectivity index (χ1) is 12.3. The zero-order chi connectivity index (χ0) is 19.5. The highest BCUT2D eigenvalue weighted by molar-refractivity contribution is 5.84. The monoisotopic (exact) mass is 362 g/mol. The number of hydrogen-bond donors (Lipinski definition) is 2. The number of nitrogens with zero attached hydrogens (tertiary/aromatic N) is 2. The van der Waals surface area contributed by atoms with Crippen LogP contribution in [0.1, 0.15) is 13.8 Å². The van der Waals surface area contributed by atoms with E-state index in [1.54, 1.807) is 21.2 Å². The number of amides is 1. The lowest BCUT2D eigenvalue weighted by molar-refractivity contribution is -0.127. The van der Waals surface area contributed by atoms with Gasteiger partial charge in [0.05, 0.1) is 13.7 Å². The SMILES string of the molecule is C=C(C)CNC(=NCC(=O)N(C)C)NCC(C)Oc1ccccc1OC. The van der Waals surface area contributed by atoms with Crippen LogP contribution in [0.3, 0.4) is 0 Å². The number of carbonyl (C=O) groups excluding carboxylic acids is 1. The van der Waals surface area contributed by atoms with E-state index >= 15 is 0 Å². The van der Waals surface area contributed by atoms with E-state index in [9.17, 15) is 4.79 Å². The van der Waals surface area contributed by atoms with Gasteiger partial charge in [-0.25, -0.2) is 4.99 Å². The maximum atomic E-state index is 11.7. The molecule has 1 amide bonds. The molecule has 1 aromatic rings. The summed E-state index contributed by atoms with van der Waals surface area (Å²) in [5, 5.41) is 6.33. The molecule has 1 aromatic carbocycles. The molecular formula is C19H30N4O3. The van der Waals surface area contributed by atoms with Crippen LogP contribution in [0.4, 0.5) is 0 Å². The van der Waals surface area contributed by atoms with Crippen molar-refractivity contribution < 1.29 is 14.3 Å². The molecule has 2 N–H and O–H groups in total. The molecule has 0 aliphatic rings. The lowest BCUT2D eigenvalue weighted by Crippen LogP contribution is -2.43. The fraction of sp³-hybridized carbons (Fsp3) is 0.474. The van der Waals surface area contributed by atoms with Gasteiger partial charge in [-0.2, -0.15) is 0 Å². The number of rotatable bonds is 9. The number of carbonyl (C=O) groups is 1. The van der Waals surface area contributed by atoms with Crippen LogP contribution in [-0.4, -0.2) is 63.7 Å². The lowest BCUT2D eigenvalue weighted by Gasteiger charge is -2.19. The Labute approximate surface area is 156 Å². The number of benzene rings is 1. The van der Waals surface area contributed by atoms with Crippen molar-refractivity contribution in [3.05, 3.63) is 36.4 Å². The minimum atomic E-state index is -0.132. The molecule has 26 heavy (non-hydrogen) atoms. The molecule has 7 nitrogen and oxygen atoms in total. The highest BCUT2D eigenvalue weighted by atomic mass is 16.5. The van der Waals surface area contributed by atoms with E-state index in [-0.39, 0.29) is 18.6 Å². The Hall–Kier alpha value is -2.70. The maximum absolute atomic E-state index is 11.7. The number of methoxy groups -OCH3 is 1. The van der Waals surface area contributed by atoms with E-state index in [4.69, 9.17) is 9.47 Å². The van der Waals surface area contributed by atoms with E-state index in [1.165, 1.54) is 4.90 Å². The van der Waals surface area contributed by atoms with Crippen LogP contribution in [0.5, 0.6) is 11.5 Å². The van der Waals surface area contributed by atoms with Gasteiger partial charge < -0.3 is 25.0 Å². The molecule has 0 aliphatic heterocycles. The smallest absolute Gasteiger partial charge is 0.243 e. The van der Waals surface area contributed by atoms with Gasteiger partial charge in [0, 0.05) is 20.6 Å². The Morgan fingerprint density at radius 2 is 1.92 bits per heavy atom. The van der Waals surface area contributed by atoms with Gasteiger partial charge in [-0.05, 0) is 26.0 Å². The van der Waals surface area contributed by atoms with Gasteiger partial charge in [0.25, 0.3) is 0 Å². The molecule has 0 aromatic heterocycles.